The molecule has 4 rings (SSSR count). The summed E-state index contributed by atoms with van der Waals surface area (Å²) >= 11 is 24.4. The molecule has 2 aromatic carbocycles. The summed E-state index contributed by atoms with van der Waals surface area (Å²) in [6.45, 7) is 0.236. The van der Waals surface area contributed by atoms with E-state index in [4.69, 9.17) is 47.6 Å². The van der Waals surface area contributed by atoms with E-state index in [0.29, 0.717) is 10.0 Å². The van der Waals surface area contributed by atoms with E-state index in [9.17, 15) is 28.8 Å². The third-order valence-electron chi connectivity index (χ3n) is 6.28. The monoisotopic (exact) mass is 738 g/mol. The van der Waals surface area contributed by atoms with Gasteiger partial charge in [0.2, 0.25) is 11.8 Å². The molecule has 0 radical (unpaired) electrons. The Bertz CT molecular complexity index is 1550. The molecule has 2 fully saturated rings. The van der Waals surface area contributed by atoms with Gasteiger partial charge in [0, 0.05) is 47.1 Å². The van der Waals surface area contributed by atoms with Crippen LogP contribution in [0.1, 0.15) is 46.4 Å². The van der Waals surface area contributed by atoms with Crippen molar-refractivity contribution >= 4 is 115 Å². The highest BCUT2D eigenvalue weighted by molar-refractivity contribution is 8.29. The van der Waals surface area contributed by atoms with Crippen LogP contribution in [0, 0.1) is 0 Å². The van der Waals surface area contributed by atoms with Gasteiger partial charge in [-0.25, -0.2) is 0 Å². The molecule has 0 saturated carbocycles. The molecule has 2 aliphatic rings. The first kappa shape index (κ1) is 35.3. The summed E-state index contributed by atoms with van der Waals surface area (Å²) < 4.78 is 0.466. The maximum absolute atomic E-state index is 13.2. The van der Waals surface area contributed by atoms with Gasteiger partial charge >= 0.3 is 0 Å². The van der Waals surface area contributed by atoms with Crippen molar-refractivity contribution in [3.8, 4) is 0 Å². The third-order valence-corrected chi connectivity index (χ3v) is 9.78. The number of benzene rings is 2. The molecule has 2 aromatic rings. The Morgan fingerprint density at radius 2 is 1.04 bits per heavy atom. The minimum atomic E-state index is -0.535. The molecule has 4 N–H and O–H groups in total. The molecule has 2 heterocycles. The molecular weight excluding hydrogens is 716 g/mol. The molecular formula is C28H24Cl2N6O6S4. The highest BCUT2D eigenvalue weighted by Crippen LogP contribution is 2.42. The number of halogens is 2. The van der Waals surface area contributed by atoms with Crippen molar-refractivity contribution < 1.29 is 28.8 Å². The number of hydrogen-bond acceptors (Lipinski definition) is 10. The van der Waals surface area contributed by atoms with Crippen LogP contribution in [0.2, 0.25) is 10.0 Å². The Balaban J connectivity index is 1.21. The van der Waals surface area contributed by atoms with Gasteiger partial charge in [0.15, 0.2) is 0 Å². The van der Waals surface area contributed by atoms with Crippen LogP contribution in [0.3, 0.4) is 0 Å². The number of nitrogens with one attached hydrogen (secondary N) is 4. The average molecular weight is 740 g/mol. The van der Waals surface area contributed by atoms with E-state index < -0.39 is 35.4 Å². The van der Waals surface area contributed by atoms with Gasteiger partial charge in [0.05, 0.1) is 9.81 Å². The summed E-state index contributed by atoms with van der Waals surface area (Å²) in [5.74, 6) is -2.96. The summed E-state index contributed by atoms with van der Waals surface area (Å²) in [7, 11) is 0. The molecule has 240 valence electrons. The van der Waals surface area contributed by atoms with E-state index in [2.05, 4.69) is 21.7 Å². The number of hydrogen-bond donors (Lipinski definition) is 4. The quantitative estimate of drug-likeness (QED) is 0.161. The predicted molar refractivity (Wildman–Crippen MR) is 183 cm³/mol. The first-order valence-corrected chi connectivity index (χ1v) is 16.7. The first-order chi connectivity index (χ1) is 21.9. The summed E-state index contributed by atoms with van der Waals surface area (Å²) in [5, 5.41) is 0.757. The van der Waals surface area contributed by atoms with Crippen molar-refractivity contribution in [2.75, 3.05) is 13.1 Å². The smallest absolute Gasteiger partial charge is 0.269 e. The fourth-order valence-electron chi connectivity index (χ4n) is 4.03. The summed E-state index contributed by atoms with van der Waals surface area (Å²) in [6.07, 6.45) is 0.451. The topological polar surface area (TPSA) is 157 Å². The van der Waals surface area contributed by atoms with Gasteiger partial charge < -0.3 is 0 Å². The zero-order valence-electron chi connectivity index (χ0n) is 23.6. The van der Waals surface area contributed by atoms with Crippen LogP contribution in [-0.2, 0) is 19.2 Å². The molecule has 2 saturated heterocycles. The van der Waals surface area contributed by atoms with Crippen LogP contribution in [-0.4, -0.2) is 67.0 Å². The van der Waals surface area contributed by atoms with E-state index in [1.165, 1.54) is 21.9 Å². The van der Waals surface area contributed by atoms with Gasteiger partial charge in [-0.15, -0.1) is 0 Å². The molecule has 0 atom stereocenters. The molecule has 18 heteroatoms. The van der Waals surface area contributed by atoms with Crippen LogP contribution in [0.4, 0.5) is 0 Å². The molecule has 6 amide bonds. The summed E-state index contributed by atoms with van der Waals surface area (Å²) in [6, 6.07) is 12.5. The van der Waals surface area contributed by atoms with Crippen LogP contribution < -0.4 is 21.7 Å². The van der Waals surface area contributed by atoms with E-state index in [0.717, 1.165) is 23.5 Å². The third kappa shape index (κ3) is 9.27. The lowest BCUT2D eigenvalue weighted by atomic mass is 10.2. The van der Waals surface area contributed by atoms with Gasteiger partial charge in [0.25, 0.3) is 23.6 Å². The predicted octanol–water partition coefficient (Wildman–Crippen LogP) is 3.71. The number of thiocarbonyl (C=S) groups is 2. The molecule has 0 aliphatic carbocycles. The zero-order valence-corrected chi connectivity index (χ0v) is 28.4. The lowest BCUT2D eigenvalue weighted by molar-refractivity contribution is -0.125. The largest absolute Gasteiger partial charge is 0.293 e. The number of nitrogens with zero attached hydrogens (tertiary/aromatic N) is 2. The Morgan fingerprint density at radius 3 is 1.41 bits per heavy atom. The van der Waals surface area contributed by atoms with E-state index in [1.54, 1.807) is 36.4 Å². The van der Waals surface area contributed by atoms with E-state index in [1.807, 2.05) is 0 Å². The van der Waals surface area contributed by atoms with Crippen LogP contribution in [0.15, 0.2) is 58.3 Å². The standard InChI is InChI=1S/C28H24Cl2N6O6S4/c29-17-7-1-5-15(13-17)23(39)33-31-19(37)9-3-11-35-25(41)21(45-27(35)43)22-26(42)36(28(44)46-22)12-4-10-20(38)32-34-24(40)16-6-2-8-18(30)14-16/h1-2,5-8,13-14H,3-4,9-12H2,(H,31,37)(H,32,38)(H,33,39)(H,34,40)/b22-21+. The van der Waals surface area contributed by atoms with Gasteiger partial charge in [-0.3, -0.25) is 60.3 Å². The fraction of sp³-hybridized carbons (Fsp3) is 0.214. The van der Waals surface area contributed by atoms with Crippen molar-refractivity contribution in [3.05, 3.63) is 79.5 Å². The van der Waals surface area contributed by atoms with Crippen molar-refractivity contribution in [1.29, 1.82) is 0 Å². The second kappa shape index (κ2) is 16.3. The van der Waals surface area contributed by atoms with E-state index in [-0.39, 0.29) is 68.4 Å². The van der Waals surface area contributed by atoms with Gasteiger partial charge in [-0.1, -0.05) is 83.3 Å². The first-order valence-electron chi connectivity index (χ1n) is 13.5. The average Bonchev–Trinajstić information content (AvgIpc) is 3.47. The molecule has 0 aromatic heterocycles. The molecule has 2 aliphatic heterocycles. The van der Waals surface area contributed by atoms with Crippen molar-refractivity contribution in [2.24, 2.45) is 0 Å². The Morgan fingerprint density at radius 1 is 0.652 bits per heavy atom. The summed E-state index contributed by atoms with van der Waals surface area (Å²) in [5.41, 5.74) is 9.78. The van der Waals surface area contributed by atoms with Crippen LogP contribution in [0.25, 0.3) is 0 Å². The number of carbonyl (C=O) groups excluding carboxylic acids is 6. The van der Waals surface area contributed by atoms with Gasteiger partial charge in [-0.05, 0) is 49.2 Å². The zero-order chi connectivity index (χ0) is 33.4. The maximum Gasteiger partial charge on any atom is 0.269 e. The lowest BCUT2D eigenvalue weighted by Gasteiger charge is -2.15. The molecule has 0 unspecified atom stereocenters. The van der Waals surface area contributed by atoms with Gasteiger partial charge in [-0.2, -0.15) is 0 Å². The highest BCUT2D eigenvalue weighted by atomic mass is 35.5. The fourth-order valence-corrected chi connectivity index (χ4v) is 7.18. The Hall–Kier alpha value is -3.54. The number of hydrazine groups is 2. The minimum Gasteiger partial charge on any atom is -0.293 e. The SMILES string of the molecule is O=C(CCCN1C(=O)/C(=C2\SC(=S)N(CCCC(=O)NNC(=O)c3cccc(Cl)c3)C2=O)SC1=S)NNC(=O)c1cccc(Cl)c1. The number of thioether (sulfide) groups is 2. The minimum absolute atomic E-state index is 0.0117. The van der Waals surface area contributed by atoms with Crippen LogP contribution in [0.5, 0.6) is 0 Å². The van der Waals surface area contributed by atoms with Gasteiger partial charge in [0.1, 0.15) is 8.64 Å². The molecule has 12 nitrogen and oxygen atoms in total. The summed E-state index contributed by atoms with van der Waals surface area (Å²) in [4.78, 5) is 78.0. The van der Waals surface area contributed by atoms with E-state index >= 15 is 0 Å². The maximum atomic E-state index is 13.2. The number of carbonyl (C=O) groups is 6. The Kier molecular flexibility index (Phi) is 12.5. The van der Waals surface area contributed by atoms with Crippen LogP contribution >= 0.6 is 71.2 Å². The van der Waals surface area contributed by atoms with Crippen molar-refractivity contribution in [1.82, 2.24) is 31.5 Å². The molecule has 46 heavy (non-hydrogen) atoms. The van der Waals surface area contributed by atoms with Crippen molar-refractivity contribution in [3.63, 3.8) is 0 Å². The molecule has 0 spiro atoms. The van der Waals surface area contributed by atoms with Crippen molar-refractivity contribution in [2.45, 2.75) is 25.7 Å². The Labute approximate surface area is 292 Å². The number of rotatable bonds is 10. The highest BCUT2D eigenvalue weighted by Gasteiger charge is 2.41. The molecule has 0 bridgehead atoms. The lowest BCUT2D eigenvalue weighted by Crippen LogP contribution is -2.42. The number of amides is 6. The second-order valence-electron chi connectivity index (χ2n) is 9.54. The normalized spacial score (nSPS) is 16.1. The second-order valence-corrected chi connectivity index (χ2v) is 13.7.